The van der Waals surface area contributed by atoms with Crippen molar-refractivity contribution in [3.05, 3.63) is 16.5 Å². The van der Waals surface area contributed by atoms with Crippen molar-refractivity contribution in [2.45, 2.75) is 25.8 Å². The van der Waals surface area contributed by atoms with Gasteiger partial charge in [-0.25, -0.2) is 9.97 Å². The van der Waals surface area contributed by atoms with Crippen LogP contribution in [0.3, 0.4) is 0 Å². The quantitative estimate of drug-likeness (QED) is 0.838. The molecule has 1 atom stereocenters. The molecule has 0 spiro atoms. The van der Waals surface area contributed by atoms with Crippen LogP contribution in [0.5, 0.6) is 0 Å². The van der Waals surface area contributed by atoms with Crippen molar-refractivity contribution in [1.29, 1.82) is 0 Å². The zero-order valence-electron chi connectivity index (χ0n) is 8.66. The molecule has 1 N–H and O–H groups in total. The van der Waals surface area contributed by atoms with Crippen molar-refractivity contribution in [2.75, 3.05) is 18.5 Å². The maximum Gasteiger partial charge on any atom is 0.131 e. The fourth-order valence-electron chi connectivity index (χ4n) is 1.67. The third-order valence-electron chi connectivity index (χ3n) is 2.32. The molecule has 2 heterocycles. The van der Waals surface area contributed by atoms with Crippen LogP contribution in [0.4, 0.5) is 5.82 Å². The number of aryl methyl sites for hydroxylation is 1. The normalized spacial score (nSPS) is 21.3. The fourth-order valence-corrected chi connectivity index (χ4v) is 2.14. The Morgan fingerprint density at radius 3 is 3.07 bits per heavy atom. The molecule has 0 saturated carbocycles. The Bertz CT molecular complexity index is 319. The predicted molar refractivity (Wildman–Crippen MR) is 61.9 cm³/mol. The molecule has 0 radical (unpaired) electrons. The van der Waals surface area contributed by atoms with Crippen molar-refractivity contribution < 1.29 is 4.74 Å². The van der Waals surface area contributed by atoms with Crippen LogP contribution in [0.15, 0.2) is 10.7 Å². The van der Waals surface area contributed by atoms with E-state index in [0.29, 0.717) is 6.04 Å². The molecule has 15 heavy (non-hydrogen) atoms. The smallest absolute Gasteiger partial charge is 0.131 e. The predicted octanol–water partition coefficient (Wildman–Crippen LogP) is 2.14. The van der Waals surface area contributed by atoms with Crippen LogP contribution < -0.4 is 5.32 Å². The summed E-state index contributed by atoms with van der Waals surface area (Å²) < 4.78 is 6.21. The first kappa shape index (κ1) is 10.8. The van der Waals surface area contributed by atoms with Gasteiger partial charge in [-0.15, -0.1) is 0 Å². The highest BCUT2D eigenvalue weighted by molar-refractivity contribution is 9.10. The highest BCUT2D eigenvalue weighted by Crippen LogP contribution is 2.15. The zero-order chi connectivity index (χ0) is 10.7. The van der Waals surface area contributed by atoms with E-state index in [1.54, 1.807) is 0 Å². The number of rotatable bonds is 2. The number of nitrogens with zero attached hydrogens (tertiary/aromatic N) is 2. The molecule has 0 amide bonds. The van der Waals surface area contributed by atoms with Gasteiger partial charge in [0.15, 0.2) is 0 Å². The summed E-state index contributed by atoms with van der Waals surface area (Å²) in [5.74, 6) is 1.63. The number of halogens is 1. The van der Waals surface area contributed by atoms with Gasteiger partial charge >= 0.3 is 0 Å². The number of anilines is 1. The van der Waals surface area contributed by atoms with Gasteiger partial charge in [0.1, 0.15) is 16.2 Å². The van der Waals surface area contributed by atoms with E-state index in [0.717, 1.165) is 42.3 Å². The molecule has 1 fully saturated rings. The minimum absolute atomic E-state index is 0.375. The van der Waals surface area contributed by atoms with Crippen LogP contribution in [0.25, 0.3) is 0 Å². The number of aromatic nitrogens is 2. The Balaban J connectivity index is 2.02. The second-order valence-corrected chi connectivity index (χ2v) is 4.49. The molecular weight excluding hydrogens is 258 g/mol. The zero-order valence-corrected chi connectivity index (χ0v) is 10.2. The van der Waals surface area contributed by atoms with E-state index in [-0.39, 0.29) is 0 Å². The fraction of sp³-hybridized carbons (Fsp3) is 0.600. The Kier molecular flexibility index (Phi) is 3.53. The average molecular weight is 272 g/mol. The van der Waals surface area contributed by atoms with Crippen molar-refractivity contribution >= 4 is 21.7 Å². The molecule has 0 aromatic carbocycles. The monoisotopic (exact) mass is 271 g/mol. The lowest BCUT2D eigenvalue weighted by molar-refractivity contribution is 0.0875. The summed E-state index contributed by atoms with van der Waals surface area (Å²) in [6, 6.07) is 2.27. The van der Waals surface area contributed by atoms with E-state index in [1.165, 1.54) is 0 Å². The molecule has 0 bridgehead atoms. The first-order chi connectivity index (χ1) is 7.24. The van der Waals surface area contributed by atoms with Crippen LogP contribution in [-0.2, 0) is 4.74 Å². The lowest BCUT2D eigenvalue weighted by Gasteiger charge is -2.23. The first-order valence-electron chi connectivity index (χ1n) is 5.09. The lowest BCUT2D eigenvalue weighted by Crippen LogP contribution is -2.30. The van der Waals surface area contributed by atoms with Crippen LogP contribution in [0.2, 0.25) is 0 Å². The van der Waals surface area contributed by atoms with E-state index in [1.807, 2.05) is 13.0 Å². The minimum atomic E-state index is 0.375. The number of ether oxygens (including phenoxy) is 1. The molecule has 1 aromatic heterocycles. The van der Waals surface area contributed by atoms with Crippen molar-refractivity contribution in [3.63, 3.8) is 0 Å². The average Bonchev–Trinajstić information content (AvgIpc) is 2.17. The van der Waals surface area contributed by atoms with Crippen LogP contribution in [0.1, 0.15) is 18.7 Å². The molecule has 0 aliphatic carbocycles. The summed E-state index contributed by atoms with van der Waals surface area (Å²) in [4.78, 5) is 8.48. The van der Waals surface area contributed by atoms with Crippen LogP contribution in [-0.4, -0.2) is 29.2 Å². The van der Waals surface area contributed by atoms with Gasteiger partial charge in [-0.1, -0.05) is 0 Å². The van der Waals surface area contributed by atoms with Gasteiger partial charge in [0.25, 0.3) is 0 Å². The summed E-state index contributed by atoms with van der Waals surface area (Å²) >= 11 is 3.36. The highest BCUT2D eigenvalue weighted by Gasteiger charge is 2.14. The Hall–Kier alpha value is -0.680. The van der Waals surface area contributed by atoms with Gasteiger partial charge in [0, 0.05) is 12.7 Å². The molecule has 82 valence electrons. The molecule has 1 saturated heterocycles. The van der Waals surface area contributed by atoms with Gasteiger partial charge in [0.2, 0.25) is 0 Å². The van der Waals surface area contributed by atoms with E-state index in [2.05, 4.69) is 31.2 Å². The van der Waals surface area contributed by atoms with Gasteiger partial charge < -0.3 is 10.1 Å². The van der Waals surface area contributed by atoms with Crippen molar-refractivity contribution in [3.8, 4) is 0 Å². The third-order valence-corrected chi connectivity index (χ3v) is 2.73. The molecule has 1 aliphatic heterocycles. The van der Waals surface area contributed by atoms with Crippen LogP contribution >= 0.6 is 15.9 Å². The van der Waals surface area contributed by atoms with Crippen LogP contribution in [0, 0.1) is 6.92 Å². The Morgan fingerprint density at radius 2 is 2.40 bits per heavy atom. The maximum absolute atomic E-state index is 5.40. The molecule has 1 aliphatic rings. The molecule has 5 heteroatoms. The number of nitrogens with one attached hydrogen (secondary N) is 1. The SMILES string of the molecule is Cc1nc(Br)cc(NC2CCCOC2)n1. The Labute approximate surface area is 97.6 Å². The van der Waals surface area contributed by atoms with Crippen molar-refractivity contribution in [2.24, 2.45) is 0 Å². The van der Waals surface area contributed by atoms with E-state index < -0.39 is 0 Å². The van der Waals surface area contributed by atoms with E-state index in [4.69, 9.17) is 4.74 Å². The highest BCUT2D eigenvalue weighted by atomic mass is 79.9. The number of hydrogen-bond donors (Lipinski definition) is 1. The summed E-state index contributed by atoms with van der Waals surface area (Å²) in [5.41, 5.74) is 0. The topological polar surface area (TPSA) is 47.0 Å². The first-order valence-corrected chi connectivity index (χ1v) is 5.89. The maximum atomic E-state index is 5.40. The summed E-state index contributed by atoms with van der Waals surface area (Å²) in [6.07, 6.45) is 2.25. The molecule has 4 nitrogen and oxygen atoms in total. The summed E-state index contributed by atoms with van der Waals surface area (Å²) in [6.45, 7) is 3.53. The lowest BCUT2D eigenvalue weighted by atomic mass is 10.1. The molecule has 1 aromatic rings. The van der Waals surface area contributed by atoms with E-state index in [9.17, 15) is 0 Å². The third kappa shape index (κ3) is 3.14. The van der Waals surface area contributed by atoms with Gasteiger partial charge in [-0.2, -0.15) is 0 Å². The molecule has 2 rings (SSSR count). The second-order valence-electron chi connectivity index (χ2n) is 3.68. The largest absolute Gasteiger partial charge is 0.379 e. The Morgan fingerprint density at radius 1 is 1.53 bits per heavy atom. The molecule has 1 unspecified atom stereocenters. The minimum Gasteiger partial charge on any atom is -0.379 e. The second kappa shape index (κ2) is 4.90. The molecular formula is C10H14BrN3O. The van der Waals surface area contributed by atoms with Gasteiger partial charge in [0.05, 0.1) is 12.6 Å². The number of hydrogen-bond acceptors (Lipinski definition) is 4. The van der Waals surface area contributed by atoms with Gasteiger partial charge in [-0.3, -0.25) is 0 Å². The standard InChI is InChI=1S/C10H14BrN3O/c1-7-12-9(11)5-10(13-7)14-8-3-2-4-15-6-8/h5,8H,2-4,6H2,1H3,(H,12,13,14). The van der Waals surface area contributed by atoms with Crippen molar-refractivity contribution in [1.82, 2.24) is 9.97 Å². The van der Waals surface area contributed by atoms with E-state index >= 15 is 0 Å². The summed E-state index contributed by atoms with van der Waals surface area (Å²) in [7, 11) is 0. The summed E-state index contributed by atoms with van der Waals surface area (Å²) in [5, 5.41) is 3.36. The van der Waals surface area contributed by atoms with Gasteiger partial charge in [-0.05, 0) is 35.7 Å².